The van der Waals surface area contributed by atoms with Crippen molar-refractivity contribution in [3.05, 3.63) is 12.2 Å². The average molecular weight is 409 g/mol. The van der Waals surface area contributed by atoms with E-state index in [0.717, 1.165) is 25.7 Å². The Morgan fingerprint density at radius 3 is 2.43 bits per heavy atom. The summed E-state index contributed by atoms with van der Waals surface area (Å²) >= 11 is 0. The second kappa shape index (κ2) is 9.47. The number of carbonyl (C=O) groups excluding carboxylic acids is 1. The largest absolute Gasteiger partial charge is 0.466 e. The third-order valence-corrected chi connectivity index (χ3v) is 13.3. The molecule has 2 saturated carbocycles. The maximum Gasteiger partial charge on any atom is 0.302 e. The Bertz CT molecular complexity index is 548. The molecule has 162 valence electrons. The van der Waals surface area contributed by atoms with Crippen LogP contribution in [0.2, 0.25) is 18.1 Å². The number of rotatable bonds is 9. The zero-order chi connectivity index (χ0) is 21.0. The molecular weight excluding hydrogens is 364 g/mol. The molecule has 0 aromatic rings. The summed E-state index contributed by atoms with van der Waals surface area (Å²) in [5, 5.41) is 0. The minimum Gasteiger partial charge on any atom is -0.466 e. The topological polar surface area (TPSA) is 35.5 Å². The van der Waals surface area contributed by atoms with Crippen LogP contribution in [0.4, 0.5) is 0 Å². The molecule has 0 saturated heterocycles. The molecule has 2 aliphatic rings. The van der Waals surface area contributed by atoms with Crippen LogP contribution in [0.15, 0.2) is 12.2 Å². The Morgan fingerprint density at radius 1 is 1.21 bits per heavy atom. The van der Waals surface area contributed by atoms with Crippen LogP contribution >= 0.6 is 0 Å². The number of esters is 1. The molecule has 4 atom stereocenters. The van der Waals surface area contributed by atoms with E-state index in [9.17, 15) is 4.79 Å². The second-order valence-electron chi connectivity index (χ2n) is 9.62. The Morgan fingerprint density at radius 2 is 1.86 bits per heavy atom. The highest BCUT2D eigenvalue weighted by molar-refractivity contribution is 6.73. The molecule has 0 aliphatic heterocycles. The van der Waals surface area contributed by atoms with Gasteiger partial charge >= 0.3 is 5.97 Å². The molecule has 0 heterocycles. The molecule has 28 heavy (non-hydrogen) atoms. The highest BCUT2D eigenvalue weighted by Gasteiger charge is 2.61. The van der Waals surface area contributed by atoms with Crippen molar-refractivity contribution in [2.75, 3.05) is 6.61 Å². The number of ether oxygens (including phenoxy) is 1. The van der Waals surface area contributed by atoms with Crippen LogP contribution in [0.5, 0.6) is 0 Å². The van der Waals surface area contributed by atoms with Gasteiger partial charge < -0.3 is 9.16 Å². The molecule has 0 aromatic heterocycles. The van der Waals surface area contributed by atoms with Gasteiger partial charge in [-0.05, 0) is 74.4 Å². The van der Waals surface area contributed by atoms with Gasteiger partial charge in [0.05, 0.1) is 12.7 Å². The molecule has 0 aromatic carbocycles. The monoisotopic (exact) mass is 408 g/mol. The van der Waals surface area contributed by atoms with E-state index in [-0.39, 0.29) is 22.9 Å². The molecular formula is C24H44O3Si. The summed E-state index contributed by atoms with van der Waals surface area (Å²) in [6.45, 7) is 18.6. The van der Waals surface area contributed by atoms with Gasteiger partial charge in [0, 0.05) is 12.3 Å². The van der Waals surface area contributed by atoms with E-state index in [0.29, 0.717) is 12.5 Å². The number of hydrogen-bond acceptors (Lipinski definition) is 3. The third-order valence-electron chi connectivity index (χ3n) is 8.67. The van der Waals surface area contributed by atoms with Crippen LogP contribution in [0.25, 0.3) is 0 Å². The normalized spacial score (nSPS) is 33.4. The summed E-state index contributed by atoms with van der Waals surface area (Å²) in [5.41, 5.74) is 1.67. The Kier molecular flexibility index (Phi) is 8.00. The van der Waals surface area contributed by atoms with E-state index in [1.165, 1.54) is 49.9 Å². The molecule has 4 heteroatoms. The lowest BCUT2D eigenvalue weighted by Gasteiger charge is -2.64. The quantitative estimate of drug-likeness (QED) is 0.180. The van der Waals surface area contributed by atoms with Crippen molar-refractivity contribution in [1.29, 1.82) is 0 Å². The fourth-order valence-corrected chi connectivity index (χ4v) is 9.34. The van der Waals surface area contributed by atoms with Crippen LogP contribution in [0.1, 0.15) is 86.5 Å². The molecule has 3 nitrogen and oxygen atoms in total. The maximum atomic E-state index is 11.3. The highest BCUT2D eigenvalue weighted by atomic mass is 28.4. The highest BCUT2D eigenvalue weighted by Crippen LogP contribution is 2.65. The van der Waals surface area contributed by atoms with Gasteiger partial charge in [-0.25, -0.2) is 0 Å². The summed E-state index contributed by atoms with van der Waals surface area (Å²) in [6, 6.07) is 3.58. The maximum absolute atomic E-state index is 11.3. The van der Waals surface area contributed by atoms with Gasteiger partial charge in [0.2, 0.25) is 0 Å². The van der Waals surface area contributed by atoms with Gasteiger partial charge in [-0.2, -0.15) is 0 Å². The predicted octanol–water partition coefficient (Wildman–Crippen LogP) is 6.88. The molecule has 0 amide bonds. The van der Waals surface area contributed by atoms with Gasteiger partial charge in [0.15, 0.2) is 8.32 Å². The van der Waals surface area contributed by atoms with Gasteiger partial charge in [-0.15, -0.1) is 0 Å². The van der Waals surface area contributed by atoms with Crippen LogP contribution in [0, 0.1) is 16.7 Å². The van der Waals surface area contributed by atoms with Crippen LogP contribution in [-0.2, 0) is 14.0 Å². The molecule has 0 spiro atoms. The van der Waals surface area contributed by atoms with Gasteiger partial charge in [0.1, 0.15) is 0 Å². The number of fused-ring (bicyclic) bond motifs is 1. The molecule has 0 bridgehead atoms. The standard InChI is InChI=1S/C24H44O3Si/c1-8-28(9-2,10-3)27-22-15-14-19(4)23(7)16-11-13-20(5)24(22,23)17-12-18-26-21(6)25/h19,22H,5,8-18H2,1-4,6-7H3/t19-,22+,23+,24-/m0/s1. The Labute approximate surface area is 174 Å². The van der Waals surface area contributed by atoms with Crippen molar-refractivity contribution >= 4 is 14.3 Å². The molecule has 2 aliphatic carbocycles. The van der Waals surface area contributed by atoms with Crippen molar-refractivity contribution in [3.63, 3.8) is 0 Å². The van der Waals surface area contributed by atoms with Gasteiger partial charge in [-0.1, -0.05) is 46.8 Å². The van der Waals surface area contributed by atoms with E-state index in [1.54, 1.807) is 0 Å². The summed E-state index contributed by atoms with van der Waals surface area (Å²) < 4.78 is 12.5. The lowest BCUT2D eigenvalue weighted by molar-refractivity contribution is -0.143. The van der Waals surface area contributed by atoms with E-state index < -0.39 is 8.32 Å². The fourth-order valence-electron chi connectivity index (χ4n) is 6.42. The second-order valence-corrected chi connectivity index (χ2v) is 14.3. The predicted molar refractivity (Wildman–Crippen MR) is 120 cm³/mol. The van der Waals surface area contributed by atoms with Crippen molar-refractivity contribution < 1.29 is 14.0 Å². The molecule has 0 unspecified atom stereocenters. The van der Waals surface area contributed by atoms with Crippen LogP contribution in [-0.4, -0.2) is 27.0 Å². The lowest BCUT2D eigenvalue weighted by Crippen LogP contribution is -2.60. The number of carbonyl (C=O) groups is 1. The van der Waals surface area contributed by atoms with Crippen molar-refractivity contribution in [2.24, 2.45) is 16.7 Å². The van der Waals surface area contributed by atoms with Crippen LogP contribution < -0.4 is 0 Å². The van der Waals surface area contributed by atoms with E-state index in [1.807, 2.05) is 0 Å². The minimum absolute atomic E-state index is 0.0286. The zero-order valence-corrected chi connectivity index (χ0v) is 20.4. The summed E-state index contributed by atoms with van der Waals surface area (Å²) in [4.78, 5) is 11.3. The van der Waals surface area contributed by atoms with Crippen molar-refractivity contribution in [3.8, 4) is 0 Å². The van der Waals surface area contributed by atoms with E-state index in [4.69, 9.17) is 9.16 Å². The molecule has 2 rings (SSSR count). The smallest absolute Gasteiger partial charge is 0.302 e. The first kappa shape index (κ1) is 23.7. The SMILES string of the molecule is C=C1CCC[C@]2(C)[C@@H](C)CC[C@@H](O[Si](CC)(CC)CC)[C@]12CCCOC(C)=O. The summed E-state index contributed by atoms with van der Waals surface area (Å²) in [7, 11) is -1.70. The first-order valence-electron chi connectivity index (χ1n) is 11.7. The summed E-state index contributed by atoms with van der Waals surface area (Å²) in [6.07, 6.45) is 8.25. The Hall–Kier alpha value is -0.613. The molecule has 2 fully saturated rings. The fraction of sp³-hybridized carbons (Fsp3) is 0.875. The van der Waals surface area contributed by atoms with Crippen molar-refractivity contribution in [2.45, 2.75) is 111 Å². The van der Waals surface area contributed by atoms with E-state index in [2.05, 4.69) is 41.2 Å². The average Bonchev–Trinajstić information content (AvgIpc) is 2.67. The Balaban J connectivity index is 2.40. The van der Waals surface area contributed by atoms with E-state index >= 15 is 0 Å². The molecule has 0 N–H and O–H groups in total. The number of hydrogen-bond donors (Lipinski definition) is 0. The first-order chi connectivity index (χ1) is 13.2. The van der Waals surface area contributed by atoms with Crippen molar-refractivity contribution in [1.82, 2.24) is 0 Å². The minimum atomic E-state index is -1.70. The van der Waals surface area contributed by atoms with Gasteiger partial charge in [0.25, 0.3) is 0 Å². The first-order valence-corrected chi connectivity index (χ1v) is 14.2. The van der Waals surface area contributed by atoms with Crippen LogP contribution in [0.3, 0.4) is 0 Å². The third kappa shape index (κ3) is 4.14. The van der Waals surface area contributed by atoms with Gasteiger partial charge in [-0.3, -0.25) is 4.79 Å². The summed E-state index contributed by atoms with van der Waals surface area (Å²) in [5.74, 6) is 0.501. The molecule has 0 radical (unpaired) electrons. The zero-order valence-electron chi connectivity index (χ0n) is 19.4. The lowest BCUT2D eigenvalue weighted by atomic mass is 9.44.